The van der Waals surface area contributed by atoms with E-state index in [9.17, 15) is 0 Å². The fourth-order valence-electron chi connectivity index (χ4n) is 7.05. The molecule has 7 nitrogen and oxygen atoms in total. The summed E-state index contributed by atoms with van der Waals surface area (Å²) in [5.41, 5.74) is 7.84. The predicted molar refractivity (Wildman–Crippen MR) is 228 cm³/mol. The highest BCUT2D eigenvalue weighted by molar-refractivity contribution is 6.62. The highest BCUT2D eigenvalue weighted by Gasteiger charge is 2.51. The molecule has 0 amide bonds. The maximum absolute atomic E-state index is 6.37. The lowest BCUT2D eigenvalue weighted by Gasteiger charge is -2.32. The summed E-state index contributed by atoms with van der Waals surface area (Å²) in [4.78, 5) is 2.28. The van der Waals surface area contributed by atoms with Crippen molar-refractivity contribution in [2.24, 2.45) is 0 Å². The Morgan fingerprint density at radius 3 is 1.21 bits per heavy atom. The van der Waals surface area contributed by atoms with Gasteiger partial charge in [0.15, 0.2) is 13.6 Å². The number of benzene rings is 7. The van der Waals surface area contributed by atoms with Gasteiger partial charge in [0.05, 0.1) is 11.2 Å². The van der Waals surface area contributed by atoms with Crippen LogP contribution in [0.5, 0.6) is 11.5 Å². The van der Waals surface area contributed by atoms with E-state index in [1.165, 1.54) is 0 Å². The molecule has 8 rings (SSSR count). The molecule has 0 saturated carbocycles. The van der Waals surface area contributed by atoms with E-state index in [-0.39, 0.29) is 13.6 Å². The van der Waals surface area contributed by atoms with Gasteiger partial charge in [0, 0.05) is 31.3 Å². The number of anilines is 3. The van der Waals surface area contributed by atoms with Crippen molar-refractivity contribution in [3.8, 4) is 33.8 Å². The third-order valence-corrected chi connectivity index (χ3v) is 10.9. The molecule has 1 fully saturated rings. The Balaban J connectivity index is 1.10. The molecule has 1 aliphatic heterocycles. The lowest BCUT2D eigenvalue weighted by molar-refractivity contribution is 0.00578. The molecule has 0 N–H and O–H groups in total. The molecular formula is C48H46BNO6. The minimum absolute atomic E-state index is 0.221. The molecule has 7 aromatic rings. The average Bonchev–Trinajstić information content (AvgIpc) is 3.45. The first-order valence-corrected chi connectivity index (χ1v) is 18.9. The normalized spacial score (nSPS) is 14.6. The zero-order valence-electron chi connectivity index (χ0n) is 32.7. The lowest BCUT2D eigenvalue weighted by Crippen LogP contribution is -2.41. The summed E-state index contributed by atoms with van der Waals surface area (Å²) >= 11 is 0. The second-order valence-corrected chi connectivity index (χ2v) is 15.2. The SMILES string of the molecule is COCOc1ccc2cc(-c3ccc(N(c4ccc(B5OC(C)(C)C(C)(C)O5)cc4)c4ccc(-c5ccc6cc(OCOC)ccc6c5)cc4)cc3)ccc2c1. The van der Waals surface area contributed by atoms with Crippen LogP contribution < -0.4 is 19.8 Å². The van der Waals surface area contributed by atoms with Gasteiger partial charge in [0.1, 0.15) is 11.5 Å². The van der Waals surface area contributed by atoms with Gasteiger partial charge in [-0.2, -0.15) is 0 Å². The molecule has 0 aliphatic carbocycles. The van der Waals surface area contributed by atoms with E-state index in [2.05, 4.69) is 154 Å². The molecule has 8 heteroatoms. The van der Waals surface area contributed by atoms with Crippen molar-refractivity contribution >= 4 is 51.2 Å². The fraction of sp³-hybridized carbons (Fsp3) is 0.208. The Kier molecular flexibility index (Phi) is 10.3. The molecule has 282 valence electrons. The summed E-state index contributed by atoms with van der Waals surface area (Å²) in [6.45, 7) is 8.76. The molecule has 0 radical (unpaired) electrons. The maximum atomic E-state index is 6.37. The molecule has 0 atom stereocenters. The van der Waals surface area contributed by atoms with Crippen molar-refractivity contribution in [3.05, 3.63) is 146 Å². The summed E-state index contributed by atoms with van der Waals surface area (Å²) in [7, 11) is 2.81. The quantitative estimate of drug-likeness (QED) is 0.0912. The molecule has 1 heterocycles. The van der Waals surface area contributed by atoms with Crippen LogP contribution in [-0.2, 0) is 18.8 Å². The van der Waals surface area contributed by atoms with Crippen LogP contribution >= 0.6 is 0 Å². The summed E-state index contributed by atoms with van der Waals surface area (Å²) in [6.07, 6.45) is 0. The van der Waals surface area contributed by atoms with Gasteiger partial charge in [-0.25, -0.2) is 0 Å². The van der Waals surface area contributed by atoms with Gasteiger partial charge in [-0.1, -0.05) is 72.8 Å². The van der Waals surface area contributed by atoms with Crippen LogP contribution in [0.25, 0.3) is 43.8 Å². The van der Waals surface area contributed by atoms with Crippen molar-refractivity contribution in [2.45, 2.75) is 38.9 Å². The van der Waals surface area contributed by atoms with Crippen molar-refractivity contribution in [1.82, 2.24) is 0 Å². The Morgan fingerprint density at radius 1 is 0.446 bits per heavy atom. The number of nitrogens with zero attached hydrogens (tertiary/aromatic N) is 1. The standard InChI is InChI=1S/C48H46BNO6/c1-47(2)48(3,4)56-49(55-47)41-17-23-44(24-18-41)50(42-19-11-33(12-20-42)35-7-9-39-29-45(53-31-51-5)25-15-37(39)27-35)43-21-13-34(14-22-43)36-8-10-40-30-46(54-32-52-6)26-16-38(40)28-36/h7-30H,31-32H2,1-6H3. The first kappa shape index (κ1) is 37.3. The minimum Gasteiger partial charge on any atom is -0.468 e. The number of fused-ring (bicyclic) bond motifs is 2. The summed E-state index contributed by atoms with van der Waals surface area (Å²) in [5.74, 6) is 1.57. The Hall–Kier alpha value is -5.64. The number of hydrogen-bond donors (Lipinski definition) is 0. The third-order valence-electron chi connectivity index (χ3n) is 10.9. The van der Waals surface area contributed by atoms with Crippen LogP contribution in [0.1, 0.15) is 27.7 Å². The second kappa shape index (κ2) is 15.5. The minimum atomic E-state index is -0.432. The highest BCUT2D eigenvalue weighted by atomic mass is 16.7. The molecule has 0 bridgehead atoms. The van der Waals surface area contributed by atoms with Crippen LogP contribution in [0.3, 0.4) is 0 Å². The summed E-state index contributed by atoms with van der Waals surface area (Å²) < 4.78 is 34.2. The van der Waals surface area contributed by atoms with Crippen molar-refractivity contribution in [2.75, 3.05) is 32.7 Å². The lowest BCUT2D eigenvalue weighted by atomic mass is 9.79. The van der Waals surface area contributed by atoms with Crippen molar-refractivity contribution in [3.63, 3.8) is 0 Å². The van der Waals surface area contributed by atoms with Gasteiger partial charge in [0.2, 0.25) is 0 Å². The van der Waals surface area contributed by atoms with E-state index in [0.29, 0.717) is 0 Å². The third kappa shape index (κ3) is 7.62. The van der Waals surface area contributed by atoms with Crippen LogP contribution in [0.15, 0.2) is 146 Å². The van der Waals surface area contributed by atoms with E-state index in [1.54, 1.807) is 14.2 Å². The Labute approximate surface area is 329 Å². The molecule has 7 aromatic carbocycles. The van der Waals surface area contributed by atoms with Crippen molar-refractivity contribution < 1.29 is 28.3 Å². The topological polar surface area (TPSA) is 58.6 Å². The Morgan fingerprint density at radius 2 is 0.804 bits per heavy atom. The summed E-state index contributed by atoms with van der Waals surface area (Å²) in [5, 5.41) is 4.52. The van der Waals surface area contributed by atoms with Gasteiger partial charge in [-0.15, -0.1) is 0 Å². The van der Waals surface area contributed by atoms with E-state index in [0.717, 1.165) is 77.8 Å². The average molecular weight is 744 g/mol. The van der Waals surface area contributed by atoms with Crippen LogP contribution in [0.4, 0.5) is 17.1 Å². The molecule has 0 unspecified atom stereocenters. The molecule has 1 aliphatic rings. The smallest absolute Gasteiger partial charge is 0.468 e. The zero-order valence-corrected chi connectivity index (χ0v) is 32.7. The monoisotopic (exact) mass is 743 g/mol. The van der Waals surface area contributed by atoms with E-state index < -0.39 is 18.3 Å². The molecule has 1 saturated heterocycles. The molecule has 0 spiro atoms. The second-order valence-electron chi connectivity index (χ2n) is 15.2. The molecular weight excluding hydrogens is 697 g/mol. The van der Waals surface area contributed by atoms with Gasteiger partial charge < -0.3 is 33.2 Å². The van der Waals surface area contributed by atoms with Gasteiger partial charge in [-0.05, 0) is 150 Å². The van der Waals surface area contributed by atoms with Crippen LogP contribution in [0.2, 0.25) is 0 Å². The zero-order chi connectivity index (χ0) is 38.9. The van der Waals surface area contributed by atoms with E-state index in [1.807, 2.05) is 24.3 Å². The van der Waals surface area contributed by atoms with Gasteiger partial charge >= 0.3 is 7.12 Å². The Bertz CT molecular complexity index is 2310. The number of methoxy groups -OCH3 is 2. The van der Waals surface area contributed by atoms with Crippen LogP contribution in [0, 0.1) is 0 Å². The number of hydrogen-bond acceptors (Lipinski definition) is 7. The summed E-state index contributed by atoms with van der Waals surface area (Å²) in [6, 6.07) is 51.2. The fourth-order valence-corrected chi connectivity index (χ4v) is 7.05. The van der Waals surface area contributed by atoms with E-state index in [4.69, 9.17) is 28.3 Å². The first-order chi connectivity index (χ1) is 27.1. The number of ether oxygens (including phenoxy) is 4. The van der Waals surface area contributed by atoms with E-state index >= 15 is 0 Å². The van der Waals surface area contributed by atoms with Gasteiger partial charge in [0.25, 0.3) is 0 Å². The highest BCUT2D eigenvalue weighted by Crippen LogP contribution is 2.39. The van der Waals surface area contributed by atoms with Gasteiger partial charge in [-0.3, -0.25) is 0 Å². The predicted octanol–water partition coefficient (Wildman–Crippen LogP) is 11.1. The van der Waals surface area contributed by atoms with Crippen molar-refractivity contribution in [1.29, 1.82) is 0 Å². The number of rotatable bonds is 12. The largest absolute Gasteiger partial charge is 0.494 e. The van der Waals surface area contributed by atoms with Crippen LogP contribution in [-0.4, -0.2) is 46.1 Å². The maximum Gasteiger partial charge on any atom is 0.494 e. The molecule has 0 aromatic heterocycles. The molecule has 56 heavy (non-hydrogen) atoms. The first-order valence-electron chi connectivity index (χ1n) is 18.9.